The smallest absolute Gasteiger partial charge is 0.231 e. The Morgan fingerprint density at radius 3 is 2.71 bits per heavy atom. The number of nitrogens with one attached hydrogen (secondary N) is 2. The van der Waals surface area contributed by atoms with E-state index in [0.29, 0.717) is 23.7 Å². The maximum Gasteiger partial charge on any atom is 0.231 e. The summed E-state index contributed by atoms with van der Waals surface area (Å²) < 4.78 is 0. The molecule has 3 heterocycles. The first-order chi connectivity index (χ1) is 15.2. The largest absolute Gasteiger partial charge is 0.357 e. The van der Waals surface area contributed by atoms with Gasteiger partial charge in [-0.05, 0) is 68.7 Å². The fraction of sp³-hybridized carbons (Fsp3) is 0.455. The summed E-state index contributed by atoms with van der Waals surface area (Å²) in [6, 6.07) is 9.92. The first-order valence-corrected chi connectivity index (χ1v) is 11.7. The number of pyridine rings is 1. The number of anilines is 2. The number of hydrogen-bond acceptors (Lipinski definition) is 8. The third kappa shape index (κ3) is 5.41. The summed E-state index contributed by atoms with van der Waals surface area (Å²) in [5.74, 6) is 1.40. The average Bonchev–Trinajstić information content (AvgIpc) is 3.26. The van der Waals surface area contributed by atoms with E-state index in [-0.39, 0.29) is 12.3 Å². The van der Waals surface area contributed by atoms with Crippen molar-refractivity contribution in [3.8, 4) is 0 Å². The number of rotatable bonds is 8. The Balaban J connectivity index is 1.10. The van der Waals surface area contributed by atoms with Gasteiger partial charge in [0, 0.05) is 23.9 Å². The monoisotopic (exact) mass is 435 g/mol. The second-order valence-corrected chi connectivity index (χ2v) is 9.41. The quantitative estimate of drug-likeness (QED) is 0.557. The van der Waals surface area contributed by atoms with Crippen molar-refractivity contribution in [2.75, 3.05) is 10.6 Å². The van der Waals surface area contributed by atoms with Crippen molar-refractivity contribution in [2.24, 2.45) is 5.92 Å². The summed E-state index contributed by atoms with van der Waals surface area (Å²) >= 11 is 1.71. The van der Waals surface area contributed by atoms with E-state index in [0.717, 1.165) is 40.8 Å². The van der Waals surface area contributed by atoms with E-state index in [2.05, 4.69) is 36.0 Å². The minimum Gasteiger partial charge on any atom is -0.357 e. The van der Waals surface area contributed by atoms with Crippen molar-refractivity contribution < 1.29 is 4.79 Å². The standard InChI is InChI=1S/C22H25N7OS/c30-20(13-17-3-1-2-10-23-17)25-19-9-8-18(26-27-19)12-14-4-5-15(11-14)21-28-29-22(31-21)24-16-6-7-16/h1-3,8-10,14-16H,4-7,11-13H2,(H,24,29)(H,25,27,30)/t14-,15+/m0/s1. The normalized spacial score (nSPS) is 20.5. The third-order valence-electron chi connectivity index (χ3n) is 5.79. The minimum atomic E-state index is -0.146. The molecule has 0 unspecified atom stereocenters. The van der Waals surface area contributed by atoms with Crippen LogP contribution in [0.1, 0.15) is 54.4 Å². The molecule has 0 aromatic carbocycles. The lowest BCUT2D eigenvalue weighted by molar-refractivity contribution is -0.115. The van der Waals surface area contributed by atoms with E-state index >= 15 is 0 Å². The molecule has 2 atom stereocenters. The molecule has 0 radical (unpaired) electrons. The second kappa shape index (κ2) is 9.05. The fourth-order valence-corrected chi connectivity index (χ4v) is 5.00. The number of nitrogens with zero attached hydrogens (tertiary/aromatic N) is 5. The Morgan fingerprint density at radius 2 is 1.94 bits per heavy atom. The molecule has 3 aromatic rings. The maximum atomic E-state index is 12.1. The number of hydrogen-bond donors (Lipinski definition) is 2. The van der Waals surface area contributed by atoms with Gasteiger partial charge >= 0.3 is 0 Å². The van der Waals surface area contributed by atoms with Crippen LogP contribution in [-0.4, -0.2) is 37.3 Å². The van der Waals surface area contributed by atoms with Crippen molar-refractivity contribution >= 4 is 28.2 Å². The Kier molecular flexibility index (Phi) is 5.84. The molecule has 3 aromatic heterocycles. The Labute approximate surface area is 184 Å². The van der Waals surface area contributed by atoms with Crippen LogP contribution in [0.15, 0.2) is 36.5 Å². The van der Waals surface area contributed by atoms with E-state index < -0.39 is 0 Å². The molecule has 2 aliphatic carbocycles. The van der Waals surface area contributed by atoms with Crippen LogP contribution in [0.2, 0.25) is 0 Å². The van der Waals surface area contributed by atoms with Crippen LogP contribution in [0, 0.1) is 5.92 Å². The van der Waals surface area contributed by atoms with Crippen LogP contribution in [0.25, 0.3) is 0 Å². The van der Waals surface area contributed by atoms with Gasteiger partial charge in [-0.15, -0.1) is 15.3 Å². The van der Waals surface area contributed by atoms with E-state index in [1.807, 2.05) is 30.3 Å². The maximum absolute atomic E-state index is 12.1. The van der Waals surface area contributed by atoms with E-state index in [1.165, 1.54) is 19.3 Å². The first-order valence-electron chi connectivity index (χ1n) is 10.8. The minimum absolute atomic E-state index is 0.146. The fourth-order valence-electron chi connectivity index (χ4n) is 4.03. The van der Waals surface area contributed by atoms with Crippen LogP contribution in [0.3, 0.4) is 0 Å². The highest BCUT2D eigenvalue weighted by atomic mass is 32.1. The van der Waals surface area contributed by atoms with E-state index in [4.69, 9.17) is 0 Å². The van der Waals surface area contributed by atoms with Gasteiger partial charge in [0.2, 0.25) is 11.0 Å². The molecule has 0 bridgehead atoms. The van der Waals surface area contributed by atoms with Crippen molar-refractivity contribution in [3.63, 3.8) is 0 Å². The highest BCUT2D eigenvalue weighted by Crippen LogP contribution is 2.41. The lowest BCUT2D eigenvalue weighted by Crippen LogP contribution is -2.16. The molecule has 0 spiro atoms. The number of carbonyl (C=O) groups excluding carboxylic acids is 1. The van der Waals surface area contributed by atoms with Crippen molar-refractivity contribution in [3.05, 3.63) is 52.9 Å². The molecule has 2 aliphatic rings. The van der Waals surface area contributed by atoms with Gasteiger partial charge in [0.1, 0.15) is 5.01 Å². The predicted octanol–water partition coefficient (Wildman–Crippen LogP) is 3.61. The van der Waals surface area contributed by atoms with Crippen LogP contribution in [0.5, 0.6) is 0 Å². The predicted molar refractivity (Wildman–Crippen MR) is 119 cm³/mol. The topological polar surface area (TPSA) is 106 Å². The van der Waals surface area contributed by atoms with Gasteiger partial charge in [-0.1, -0.05) is 17.4 Å². The molecular weight excluding hydrogens is 410 g/mol. The SMILES string of the molecule is O=C(Cc1ccccn1)Nc1ccc(C[C@H]2CC[C@@H](c3nnc(NC4CC4)s3)C2)nn1. The van der Waals surface area contributed by atoms with Crippen LogP contribution < -0.4 is 10.6 Å². The van der Waals surface area contributed by atoms with Crippen LogP contribution >= 0.6 is 11.3 Å². The average molecular weight is 436 g/mol. The van der Waals surface area contributed by atoms with Crippen LogP contribution in [0.4, 0.5) is 10.9 Å². The molecular formula is C22H25N7OS. The summed E-state index contributed by atoms with van der Waals surface area (Å²) in [7, 11) is 0. The Hall–Kier alpha value is -2.94. The molecule has 0 aliphatic heterocycles. The van der Waals surface area contributed by atoms with Gasteiger partial charge in [-0.2, -0.15) is 5.10 Å². The lowest BCUT2D eigenvalue weighted by atomic mass is 10.00. The summed E-state index contributed by atoms with van der Waals surface area (Å²) in [5, 5.41) is 25.6. The molecule has 160 valence electrons. The Bertz CT molecular complexity index is 1020. The highest BCUT2D eigenvalue weighted by Gasteiger charge is 2.30. The van der Waals surface area contributed by atoms with Gasteiger partial charge in [-0.3, -0.25) is 9.78 Å². The molecule has 2 N–H and O–H groups in total. The summed E-state index contributed by atoms with van der Waals surface area (Å²) in [4.78, 5) is 16.3. The molecule has 2 saturated carbocycles. The van der Waals surface area contributed by atoms with Crippen LogP contribution in [-0.2, 0) is 17.6 Å². The third-order valence-corrected chi connectivity index (χ3v) is 6.81. The lowest BCUT2D eigenvalue weighted by Gasteiger charge is -2.09. The zero-order valence-corrected chi connectivity index (χ0v) is 18.0. The molecule has 0 saturated heterocycles. The second-order valence-electron chi connectivity index (χ2n) is 8.40. The van der Waals surface area contributed by atoms with Crippen molar-refractivity contribution in [2.45, 2.75) is 56.9 Å². The number of amides is 1. The van der Waals surface area contributed by atoms with Gasteiger partial charge in [-0.25, -0.2) is 0 Å². The van der Waals surface area contributed by atoms with Gasteiger partial charge in [0.05, 0.1) is 12.1 Å². The summed E-state index contributed by atoms with van der Waals surface area (Å²) in [5.41, 5.74) is 1.69. The zero-order valence-electron chi connectivity index (χ0n) is 17.2. The zero-order chi connectivity index (χ0) is 21.0. The highest BCUT2D eigenvalue weighted by molar-refractivity contribution is 7.15. The Morgan fingerprint density at radius 1 is 1.00 bits per heavy atom. The molecule has 5 rings (SSSR count). The van der Waals surface area contributed by atoms with Gasteiger partial charge in [0.15, 0.2) is 5.82 Å². The summed E-state index contributed by atoms with van der Waals surface area (Å²) in [6.45, 7) is 0. The number of carbonyl (C=O) groups is 1. The van der Waals surface area contributed by atoms with Crippen molar-refractivity contribution in [1.29, 1.82) is 0 Å². The number of aromatic nitrogens is 5. The van der Waals surface area contributed by atoms with Gasteiger partial charge < -0.3 is 10.6 Å². The molecule has 1 amide bonds. The van der Waals surface area contributed by atoms with Gasteiger partial charge in [0.25, 0.3) is 0 Å². The molecule has 9 heteroatoms. The molecule has 8 nitrogen and oxygen atoms in total. The van der Waals surface area contributed by atoms with E-state index in [1.54, 1.807) is 17.5 Å². The molecule has 31 heavy (non-hydrogen) atoms. The molecule has 2 fully saturated rings. The van der Waals surface area contributed by atoms with Crippen molar-refractivity contribution in [1.82, 2.24) is 25.4 Å². The van der Waals surface area contributed by atoms with E-state index in [9.17, 15) is 4.79 Å². The summed E-state index contributed by atoms with van der Waals surface area (Å²) in [6.07, 6.45) is 8.72. The first kappa shape index (κ1) is 20.0.